The molecule has 2 atom stereocenters. The molecule has 1 saturated carbocycles. The maximum Gasteiger partial charge on any atom is 0.414 e. The Kier molecular flexibility index (Phi) is 7.10. The van der Waals surface area contributed by atoms with Gasteiger partial charge in [-0.2, -0.15) is 0 Å². The number of rotatable bonds is 5. The average Bonchev–Trinajstić information content (AvgIpc) is 3.31. The molecule has 2 aliphatic rings. The van der Waals surface area contributed by atoms with E-state index in [2.05, 4.69) is 9.88 Å². The van der Waals surface area contributed by atoms with Crippen LogP contribution in [0.4, 0.5) is 10.5 Å². The van der Waals surface area contributed by atoms with Crippen molar-refractivity contribution in [3.05, 3.63) is 59.4 Å². The molecule has 0 radical (unpaired) electrons. The zero-order valence-electron chi connectivity index (χ0n) is 22.0. The number of carbonyl (C=O) groups excluding carboxylic acids is 2. The normalized spacial score (nSPS) is 22.0. The minimum atomic E-state index is -0.745. The van der Waals surface area contributed by atoms with Crippen molar-refractivity contribution in [3.63, 3.8) is 0 Å². The summed E-state index contributed by atoms with van der Waals surface area (Å²) in [6, 6.07) is 13.3. The summed E-state index contributed by atoms with van der Waals surface area (Å²) in [6.45, 7) is 3.51. The zero-order chi connectivity index (χ0) is 27.0. The Morgan fingerprint density at radius 2 is 1.76 bits per heavy atom. The second kappa shape index (κ2) is 10.5. The van der Waals surface area contributed by atoms with Crippen molar-refractivity contribution < 1.29 is 24.2 Å². The predicted octanol–water partition coefficient (Wildman–Crippen LogP) is 4.99. The van der Waals surface area contributed by atoms with Crippen molar-refractivity contribution >= 4 is 34.7 Å². The number of benzene rings is 2. The number of carboxylic acids is 1. The second-order valence-electron chi connectivity index (χ2n) is 10.4. The van der Waals surface area contributed by atoms with E-state index in [1.807, 2.05) is 49.4 Å². The highest BCUT2D eigenvalue weighted by Gasteiger charge is 2.35. The Morgan fingerprint density at radius 3 is 2.39 bits per heavy atom. The minimum Gasteiger partial charge on any atom is -0.481 e. The molecular weight excluding hydrogens is 484 g/mol. The number of nitrogens with zero attached hydrogens (tertiary/aromatic N) is 3. The van der Waals surface area contributed by atoms with Crippen molar-refractivity contribution in [2.24, 2.45) is 5.92 Å². The lowest BCUT2D eigenvalue weighted by molar-refractivity contribution is -0.143. The van der Waals surface area contributed by atoms with Crippen molar-refractivity contribution in [1.29, 1.82) is 0 Å². The van der Waals surface area contributed by atoms with Gasteiger partial charge in [-0.05, 0) is 63.1 Å². The van der Waals surface area contributed by atoms with Gasteiger partial charge in [0.2, 0.25) is 5.91 Å². The van der Waals surface area contributed by atoms with Crippen LogP contribution in [0.3, 0.4) is 0 Å². The smallest absolute Gasteiger partial charge is 0.414 e. The number of anilines is 1. The van der Waals surface area contributed by atoms with Crippen LogP contribution >= 0.6 is 0 Å². The molecule has 0 saturated heterocycles. The molecule has 0 unspecified atom stereocenters. The standard InChI is InChI=1S/C29H34N4O5/c1-17-9-14-22-23(32(17)29(37)38-3)15-16-24-26(22)31-27(25(30-18(2)34)19-7-5-4-6-8-19)33(24)21-12-10-20(11-13-21)28(35)36/h4-8,15-17,20-21,25H,9-14H2,1-3H3,(H,30,34)(H,35,36)/t17-,20?,21?,25+/m0/s1. The summed E-state index contributed by atoms with van der Waals surface area (Å²) in [5, 5.41) is 12.7. The highest BCUT2D eigenvalue weighted by atomic mass is 16.5. The Morgan fingerprint density at radius 1 is 1.05 bits per heavy atom. The van der Waals surface area contributed by atoms with Crippen LogP contribution in [0.5, 0.6) is 0 Å². The number of aliphatic carboxylic acids is 1. The number of carbonyl (C=O) groups is 3. The summed E-state index contributed by atoms with van der Waals surface area (Å²) in [6.07, 6.45) is 3.74. The van der Waals surface area contributed by atoms with Gasteiger partial charge in [-0.15, -0.1) is 0 Å². The molecule has 38 heavy (non-hydrogen) atoms. The lowest BCUT2D eigenvalue weighted by Gasteiger charge is -2.34. The molecule has 9 nitrogen and oxygen atoms in total. The summed E-state index contributed by atoms with van der Waals surface area (Å²) in [4.78, 5) is 43.6. The van der Waals surface area contributed by atoms with Gasteiger partial charge in [0.15, 0.2) is 0 Å². The quantitative estimate of drug-likeness (QED) is 0.492. The summed E-state index contributed by atoms with van der Waals surface area (Å²) in [7, 11) is 1.39. The number of nitrogens with one attached hydrogen (secondary N) is 1. The van der Waals surface area contributed by atoms with E-state index >= 15 is 0 Å². The molecule has 5 rings (SSSR count). The summed E-state index contributed by atoms with van der Waals surface area (Å²) in [5.41, 5.74) is 4.44. The van der Waals surface area contributed by atoms with Crippen LogP contribution < -0.4 is 10.2 Å². The van der Waals surface area contributed by atoms with E-state index in [9.17, 15) is 19.5 Å². The van der Waals surface area contributed by atoms with Crippen LogP contribution in [0, 0.1) is 5.92 Å². The van der Waals surface area contributed by atoms with E-state index < -0.39 is 18.1 Å². The molecule has 0 spiro atoms. The summed E-state index contributed by atoms with van der Waals surface area (Å²) < 4.78 is 7.30. The van der Waals surface area contributed by atoms with Gasteiger partial charge in [0.25, 0.3) is 0 Å². The van der Waals surface area contributed by atoms with Crippen molar-refractivity contribution in [2.75, 3.05) is 12.0 Å². The minimum absolute atomic E-state index is 0.00306. The number of fused-ring (bicyclic) bond motifs is 3. The van der Waals surface area contributed by atoms with Gasteiger partial charge >= 0.3 is 12.1 Å². The molecule has 1 aliphatic heterocycles. The monoisotopic (exact) mass is 518 g/mol. The van der Waals surface area contributed by atoms with Gasteiger partial charge in [0.05, 0.1) is 29.7 Å². The number of ether oxygens (including phenoxy) is 1. The van der Waals surface area contributed by atoms with Gasteiger partial charge in [0.1, 0.15) is 11.9 Å². The number of imidazole rings is 1. The molecule has 3 aromatic rings. The molecule has 2 aromatic carbocycles. The topological polar surface area (TPSA) is 114 Å². The average molecular weight is 519 g/mol. The van der Waals surface area contributed by atoms with Crippen LogP contribution in [0.1, 0.15) is 75.0 Å². The van der Waals surface area contributed by atoms with E-state index in [1.165, 1.54) is 14.0 Å². The maximum absolute atomic E-state index is 12.7. The van der Waals surface area contributed by atoms with E-state index in [0.29, 0.717) is 25.7 Å². The third-order valence-corrected chi connectivity index (χ3v) is 8.00. The highest BCUT2D eigenvalue weighted by Crippen LogP contribution is 2.42. The van der Waals surface area contributed by atoms with E-state index in [-0.39, 0.29) is 23.9 Å². The fourth-order valence-electron chi connectivity index (χ4n) is 6.11. The zero-order valence-corrected chi connectivity index (χ0v) is 22.0. The van der Waals surface area contributed by atoms with E-state index in [0.717, 1.165) is 46.5 Å². The maximum atomic E-state index is 12.7. The Labute approximate surface area is 221 Å². The summed E-state index contributed by atoms with van der Waals surface area (Å²) >= 11 is 0. The molecule has 1 aliphatic carbocycles. The number of amides is 2. The van der Waals surface area contributed by atoms with Crippen LogP contribution in [-0.2, 0) is 20.7 Å². The number of methoxy groups -OCH3 is 1. The first-order valence-electron chi connectivity index (χ1n) is 13.3. The van der Waals surface area contributed by atoms with Crippen molar-refractivity contribution in [3.8, 4) is 0 Å². The van der Waals surface area contributed by atoms with E-state index in [1.54, 1.807) is 4.90 Å². The number of aromatic nitrogens is 2. The van der Waals surface area contributed by atoms with Gasteiger partial charge < -0.3 is 19.7 Å². The predicted molar refractivity (Wildman–Crippen MR) is 143 cm³/mol. The molecule has 9 heteroatoms. The van der Waals surface area contributed by atoms with E-state index in [4.69, 9.17) is 9.72 Å². The Hall–Kier alpha value is -3.88. The fourth-order valence-corrected chi connectivity index (χ4v) is 6.11. The van der Waals surface area contributed by atoms with Crippen LogP contribution in [0.15, 0.2) is 42.5 Å². The molecule has 2 N–H and O–H groups in total. The van der Waals surface area contributed by atoms with Crippen LogP contribution in [0.2, 0.25) is 0 Å². The number of hydrogen-bond donors (Lipinski definition) is 2. The fraction of sp³-hybridized carbons (Fsp3) is 0.448. The molecule has 2 heterocycles. The van der Waals surface area contributed by atoms with Crippen LogP contribution in [0.25, 0.3) is 11.0 Å². The number of hydrogen-bond acceptors (Lipinski definition) is 5. The second-order valence-corrected chi connectivity index (χ2v) is 10.4. The third-order valence-electron chi connectivity index (χ3n) is 8.00. The third kappa shape index (κ3) is 4.61. The highest BCUT2D eigenvalue weighted by molar-refractivity contribution is 5.95. The summed E-state index contributed by atoms with van der Waals surface area (Å²) in [5.74, 6) is -0.533. The molecule has 1 aromatic heterocycles. The Balaban J connectivity index is 1.70. The lowest BCUT2D eigenvalue weighted by Crippen LogP contribution is -2.42. The molecule has 2 amide bonds. The molecule has 200 valence electrons. The Bertz CT molecular complexity index is 1360. The lowest BCUT2D eigenvalue weighted by atomic mass is 9.85. The number of carboxylic acid groups (broad SMARTS) is 1. The first-order chi connectivity index (χ1) is 18.3. The van der Waals surface area contributed by atoms with Crippen molar-refractivity contribution in [2.45, 2.75) is 70.5 Å². The largest absolute Gasteiger partial charge is 0.481 e. The number of aryl methyl sites for hydroxylation is 1. The SMILES string of the molecule is COC(=O)N1c2ccc3c(nc([C@H](NC(C)=O)c4ccccc4)n3C3CCC(C(=O)O)CC3)c2CC[C@@H]1C. The van der Waals surface area contributed by atoms with Gasteiger partial charge in [-0.25, -0.2) is 9.78 Å². The van der Waals surface area contributed by atoms with Gasteiger partial charge in [0, 0.05) is 24.6 Å². The van der Waals surface area contributed by atoms with Gasteiger partial charge in [-0.3, -0.25) is 14.5 Å². The van der Waals surface area contributed by atoms with Gasteiger partial charge in [-0.1, -0.05) is 30.3 Å². The molecule has 1 fully saturated rings. The van der Waals surface area contributed by atoms with Crippen LogP contribution in [-0.4, -0.2) is 45.8 Å². The van der Waals surface area contributed by atoms with Crippen molar-refractivity contribution in [1.82, 2.24) is 14.9 Å². The first-order valence-corrected chi connectivity index (χ1v) is 13.3. The first kappa shape index (κ1) is 25.8. The molecular formula is C29H34N4O5. The molecule has 0 bridgehead atoms.